The summed E-state index contributed by atoms with van der Waals surface area (Å²) in [4.78, 5) is 19.2. The normalized spacial score (nSPS) is 28.2. The molecular formula is C19H29N3O2. The monoisotopic (exact) mass is 331 g/mol. The molecule has 2 atom stereocenters. The first-order chi connectivity index (χ1) is 11.4. The van der Waals surface area contributed by atoms with Gasteiger partial charge in [0, 0.05) is 56.9 Å². The highest BCUT2D eigenvalue weighted by atomic mass is 16.3. The Balaban J connectivity index is 1.79. The number of hydrogen-bond donors (Lipinski definition) is 1. The van der Waals surface area contributed by atoms with Crippen molar-refractivity contribution in [1.82, 2.24) is 9.80 Å². The van der Waals surface area contributed by atoms with Crippen molar-refractivity contribution in [2.45, 2.75) is 25.4 Å². The van der Waals surface area contributed by atoms with Crippen molar-refractivity contribution >= 4 is 11.6 Å². The third kappa shape index (κ3) is 3.28. The number of hydrogen-bond acceptors (Lipinski definition) is 4. The Kier molecular flexibility index (Phi) is 4.83. The molecule has 0 bridgehead atoms. The van der Waals surface area contributed by atoms with E-state index in [-0.39, 0.29) is 17.4 Å². The highest BCUT2D eigenvalue weighted by Crippen LogP contribution is 2.38. The van der Waals surface area contributed by atoms with Gasteiger partial charge in [0.1, 0.15) is 0 Å². The highest BCUT2D eigenvalue weighted by Gasteiger charge is 2.45. The lowest BCUT2D eigenvalue weighted by molar-refractivity contribution is -0.0731. The van der Waals surface area contributed by atoms with Gasteiger partial charge in [-0.1, -0.05) is 6.07 Å². The molecule has 1 spiro atoms. The van der Waals surface area contributed by atoms with Crippen LogP contribution in [0.2, 0.25) is 0 Å². The van der Waals surface area contributed by atoms with Crippen molar-refractivity contribution < 1.29 is 9.90 Å². The van der Waals surface area contributed by atoms with E-state index in [1.165, 1.54) is 0 Å². The van der Waals surface area contributed by atoms with E-state index in [2.05, 4.69) is 11.9 Å². The summed E-state index contributed by atoms with van der Waals surface area (Å²) in [5.41, 5.74) is 1.60. The third-order valence-corrected chi connectivity index (χ3v) is 5.58. The number of aliphatic hydroxyl groups is 1. The summed E-state index contributed by atoms with van der Waals surface area (Å²) >= 11 is 0. The number of piperidine rings is 2. The summed E-state index contributed by atoms with van der Waals surface area (Å²) in [6.07, 6.45) is 2.45. The van der Waals surface area contributed by atoms with Gasteiger partial charge in [0.2, 0.25) is 0 Å². The molecule has 0 aliphatic carbocycles. The van der Waals surface area contributed by atoms with E-state index in [1.54, 1.807) is 0 Å². The molecule has 0 aromatic heterocycles. The van der Waals surface area contributed by atoms with Gasteiger partial charge in [0.25, 0.3) is 5.91 Å². The van der Waals surface area contributed by atoms with E-state index < -0.39 is 0 Å². The Morgan fingerprint density at radius 3 is 2.83 bits per heavy atom. The Labute approximate surface area is 144 Å². The van der Waals surface area contributed by atoms with Gasteiger partial charge in [-0.3, -0.25) is 4.79 Å². The zero-order valence-electron chi connectivity index (χ0n) is 15.0. The lowest BCUT2D eigenvalue weighted by Gasteiger charge is -2.50. The molecule has 2 heterocycles. The molecule has 2 saturated heterocycles. The average Bonchev–Trinajstić information content (AvgIpc) is 2.58. The van der Waals surface area contributed by atoms with E-state index in [1.807, 2.05) is 48.2 Å². The second kappa shape index (κ2) is 6.73. The van der Waals surface area contributed by atoms with E-state index in [0.29, 0.717) is 6.54 Å². The number of likely N-dealkylation sites (tertiary alicyclic amines) is 2. The fourth-order valence-electron chi connectivity index (χ4n) is 4.21. The molecule has 1 aromatic rings. The molecule has 3 rings (SSSR count). The SMILES string of the molecule is CN1CC[C@H](O)[C@@]2(CCCN(C(=O)c3cccc(N(C)C)c3)C2)C1. The molecule has 2 fully saturated rings. The largest absolute Gasteiger partial charge is 0.392 e. The quantitative estimate of drug-likeness (QED) is 0.896. The van der Waals surface area contributed by atoms with E-state index in [0.717, 1.165) is 50.1 Å². The number of benzene rings is 1. The Morgan fingerprint density at radius 2 is 2.08 bits per heavy atom. The summed E-state index contributed by atoms with van der Waals surface area (Å²) < 4.78 is 0. The number of rotatable bonds is 2. The predicted molar refractivity (Wildman–Crippen MR) is 96.5 cm³/mol. The summed E-state index contributed by atoms with van der Waals surface area (Å²) in [7, 11) is 6.07. The van der Waals surface area contributed by atoms with E-state index >= 15 is 0 Å². The van der Waals surface area contributed by atoms with Crippen molar-refractivity contribution in [2.24, 2.45) is 5.41 Å². The van der Waals surface area contributed by atoms with Gasteiger partial charge in [-0.2, -0.15) is 0 Å². The predicted octanol–water partition coefficient (Wildman–Crippen LogP) is 1.67. The second-order valence-corrected chi connectivity index (χ2v) is 7.68. The molecule has 0 unspecified atom stereocenters. The number of amides is 1. The molecule has 1 amide bonds. The van der Waals surface area contributed by atoms with Crippen molar-refractivity contribution in [2.75, 3.05) is 52.2 Å². The standard InChI is InChI=1S/C19H29N3O2/c1-20(2)16-7-4-6-15(12-16)18(24)22-10-5-9-19(14-22)13-21(3)11-8-17(19)23/h4,6-7,12,17,23H,5,8-11,13-14H2,1-3H3/t17-,19-/m0/s1. The smallest absolute Gasteiger partial charge is 0.253 e. The Hall–Kier alpha value is -1.59. The molecule has 0 saturated carbocycles. The van der Waals surface area contributed by atoms with Gasteiger partial charge in [-0.05, 0) is 44.5 Å². The van der Waals surface area contributed by atoms with Gasteiger partial charge in [0.15, 0.2) is 0 Å². The second-order valence-electron chi connectivity index (χ2n) is 7.68. The van der Waals surface area contributed by atoms with Gasteiger partial charge in [0.05, 0.1) is 6.10 Å². The molecule has 5 nitrogen and oxygen atoms in total. The molecular weight excluding hydrogens is 302 g/mol. The molecule has 132 valence electrons. The lowest BCUT2D eigenvalue weighted by atomic mass is 9.71. The van der Waals surface area contributed by atoms with Crippen LogP contribution >= 0.6 is 0 Å². The van der Waals surface area contributed by atoms with Crippen LogP contribution in [0.25, 0.3) is 0 Å². The van der Waals surface area contributed by atoms with Gasteiger partial charge >= 0.3 is 0 Å². The maximum absolute atomic E-state index is 13.0. The minimum Gasteiger partial charge on any atom is -0.392 e. The average molecular weight is 331 g/mol. The van der Waals surface area contributed by atoms with Gasteiger partial charge in [-0.15, -0.1) is 0 Å². The minimum atomic E-state index is -0.308. The van der Waals surface area contributed by atoms with Crippen LogP contribution in [0, 0.1) is 5.41 Å². The number of nitrogens with zero attached hydrogens (tertiary/aromatic N) is 3. The van der Waals surface area contributed by atoms with Crippen LogP contribution in [0.3, 0.4) is 0 Å². The first-order valence-corrected chi connectivity index (χ1v) is 8.85. The first kappa shape index (κ1) is 17.2. The molecule has 5 heteroatoms. The lowest BCUT2D eigenvalue weighted by Crippen LogP contribution is -2.59. The van der Waals surface area contributed by atoms with E-state index in [9.17, 15) is 9.90 Å². The molecule has 24 heavy (non-hydrogen) atoms. The van der Waals surface area contributed by atoms with Crippen LogP contribution in [0.5, 0.6) is 0 Å². The number of carbonyl (C=O) groups is 1. The zero-order valence-corrected chi connectivity index (χ0v) is 15.0. The van der Waals surface area contributed by atoms with Crippen molar-refractivity contribution in [1.29, 1.82) is 0 Å². The topological polar surface area (TPSA) is 47.0 Å². The third-order valence-electron chi connectivity index (χ3n) is 5.58. The molecule has 0 radical (unpaired) electrons. The van der Waals surface area contributed by atoms with Crippen LogP contribution in [-0.4, -0.2) is 74.2 Å². The van der Waals surface area contributed by atoms with Crippen LogP contribution in [0.15, 0.2) is 24.3 Å². The van der Waals surface area contributed by atoms with Crippen LogP contribution in [0.4, 0.5) is 5.69 Å². The molecule has 1 N–H and O–H groups in total. The summed E-state index contributed by atoms with van der Waals surface area (Å²) in [5, 5.41) is 10.6. The molecule has 2 aliphatic heterocycles. The number of aliphatic hydroxyl groups excluding tert-OH is 1. The first-order valence-electron chi connectivity index (χ1n) is 8.85. The summed E-state index contributed by atoms with van der Waals surface area (Å²) in [6, 6.07) is 7.78. The molecule has 1 aromatic carbocycles. The fraction of sp³-hybridized carbons (Fsp3) is 0.632. The zero-order chi connectivity index (χ0) is 17.3. The molecule has 2 aliphatic rings. The minimum absolute atomic E-state index is 0.0817. The van der Waals surface area contributed by atoms with Crippen molar-refractivity contribution in [3.8, 4) is 0 Å². The highest BCUT2D eigenvalue weighted by molar-refractivity contribution is 5.95. The maximum Gasteiger partial charge on any atom is 0.253 e. The fourth-order valence-corrected chi connectivity index (χ4v) is 4.21. The number of anilines is 1. The van der Waals surface area contributed by atoms with Crippen LogP contribution < -0.4 is 4.90 Å². The van der Waals surface area contributed by atoms with E-state index in [4.69, 9.17) is 0 Å². The Morgan fingerprint density at radius 1 is 1.29 bits per heavy atom. The summed E-state index contributed by atoms with van der Waals surface area (Å²) in [5.74, 6) is 0.0817. The van der Waals surface area contributed by atoms with Gasteiger partial charge < -0.3 is 19.8 Å². The maximum atomic E-state index is 13.0. The number of carbonyl (C=O) groups excluding carboxylic acids is 1. The van der Waals surface area contributed by atoms with Gasteiger partial charge in [-0.25, -0.2) is 0 Å². The summed E-state index contributed by atoms with van der Waals surface area (Å²) in [6.45, 7) is 3.24. The van der Waals surface area contributed by atoms with Crippen molar-refractivity contribution in [3.05, 3.63) is 29.8 Å². The Bertz CT molecular complexity index is 604. The van der Waals surface area contributed by atoms with Crippen molar-refractivity contribution in [3.63, 3.8) is 0 Å². The van der Waals surface area contributed by atoms with Crippen LogP contribution in [-0.2, 0) is 0 Å². The van der Waals surface area contributed by atoms with Crippen LogP contribution in [0.1, 0.15) is 29.6 Å².